The van der Waals surface area contributed by atoms with Crippen molar-refractivity contribution in [3.05, 3.63) is 35.4 Å². The van der Waals surface area contributed by atoms with Gasteiger partial charge in [-0.1, -0.05) is 0 Å². The molecular weight excluding hydrogens is 316 g/mol. The molecule has 0 saturated carbocycles. The lowest BCUT2D eigenvalue weighted by Gasteiger charge is -2.07. The second kappa shape index (κ2) is 10.9. The van der Waals surface area contributed by atoms with Crippen LogP contribution in [0.1, 0.15) is 29.6 Å². The van der Waals surface area contributed by atoms with Gasteiger partial charge in [0, 0.05) is 25.6 Å². The molecule has 0 bridgehead atoms. The first-order valence-electron chi connectivity index (χ1n) is 6.74. The fourth-order valence-electron chi connectivity index (χ4n) is 1.64. The lowest BCUT2D eigenvalue weighted by atomic mass is 10.2. The highest BCUT2D eigenvalue weighted by atomic mass is 35.5. The lowest BCUT2D eigenvalue weighted by molar-refractivity contribution is -0.121. The summed E-state index contributed by atoms with van der Waals surface area (Å²) in [5, 5.41) is 5.17. The van der Waals surface area contributed by atoms with Gasteiger partial charge in [0.05, 0.1) is 5.56 Å². The van der Waals surface area contributed by atoms with E-state index in [1.807, 2.05) is 0 Å². The molecule has 5 nitrogen and oxygen atoms in total. The van der Waals surface area contributed by atoms with E-state index >= 15 is 0 Å². The van der Waals surface area contributed by atoms with Gasteiger partial charge >= 0.3 is 0 Å². The molecule has 0 radical (unpaired) electrons. The van der Waals surface area contributed by atoms with Crippen molar-refractivity contribution in [1.82, 2.24) is 10.6 Å². The standard InChI is InChI=1S/C14H19F2N3O2.ClH/c15-10-4-5-11(12(16)9-10)14(21)19-7-1-3-13(20)18-8-2-6-17;/h4-5,9H,1-3,6-8,17H2,(H,18,20)(H,19,21);1H. The van der Waals surface area contributed by atoms with Gasteiger partial charge in [-0.25, -0.2) is 8.78 Å². The minimum atomic E-state index is -0.910. The van der Waals surface area contributed by atoms with Gasteiger partial charge in [-0.3, -0.25) is 9.59 Å². The van der Waals surface area contributed by atoms with Gasteiger partial charge in [-0.05, 0) is 31.5 Å². The Morgan fingerprint density at radius 2 is 1.77 bits per heavy atom. The number of nitrogens with two attached hydrogens (primary N) is 1. The number of carbonyl (C=O) groups is 2. The molecule has 0 heterocycles. The lowest BCUT2D eigenvalue weighted by Crippen LogP contribution is -2.29. The minimum absolute atomic E-state index is 0. The zero-order chi connectivity index (χ0) is 15.7. The largest absolute Gasteiger partial charge is 0.356 e. The van der Waals surface area contributed by atoms with Gasteiger partial charge in [-0.2, -0.15) is 0 Å². The molecule has 1 rings (SSSR count). The average molecular weight is 336 g/mol. The van der Waals surface area contributed by atoms with E-state index in [4.69, 9.17) is 5.73 Å². The Hall–Kier alpha value is -1.73. The molecule has 8 heteroatoms. The molecule has 0 fully saturated rings. The molecular formula is C14H20ClF2N3O2. The Balaban J connectivity index is 0.00000441. The third kappa shape index (κ3) is 7.33. The van der Waals surface area contributed by atoms with Crippen molar-refractivity contribution in [2.45, 2.75) is 19.3 Å². The first kappa shape index (κ1) is 20.3. The predicted octanol–water partition coefficient (Wildman–Crippen LogP) is 1.36. The molecule has 0 saturated heterocycles. The molecule has 0 unspecified atom stereocenters. The van der Waals surface area contributed by atoms with Crippen LogP contribution >= 0.6 is 12.4 Å². The topological polar surface area (TPSA) is 84.2 Å². The van der Waals surface area contributed by atoms with Gasteiger partial charge in [0.2, 0.25) is 5.91 Å². The first-order chi connectivity index (χ1) is 10.0. The molecule has 0 atom stereocenters. The van der Waals surface area contributed by atoms with E-state index in [1.165, 1.54) is 0 Å². The fraction of sp³-hybridized carbons (Fsp3) is 0.429. The molecule has 0 aliphatic heterocycles. The number of carbonyl (C=O) groups excluding carboxylic acids is 2. The Kier molecular flexibility index (Phi) is 10.1. The molecule has 124 valence electrons. The second-order valence-electron chi connectivity index (χ2n) is 4.48. The average Bonchev–Trinajstić information content (AvgIpc) is 2.43. The molecule has 0 aliphatic rings. The SMILES string of the molecule is Cl.NCCCNC(=O)CCCNC(=O)c1ccc(F)cc1F. The molecule has 2 amide bonds. The van der Waals surface area contributed by atoms with Crippen LogP contribution in [0.3, 0.4) is 0 Å². The number of nitrogens with one attached hydrogen (secondary N) is 2. The van der Waals surface area contributed by atoms with Crippen LogP contribution in [-0.2, 0) is 4.79 Å². The third-order valence-electron chi connectivity index (χ3n) is 2.74. The van der Waals surface area contributed by atoms with Gasteiger partial charge in [0.25, 0.3) is 5.91 Å². The van der Waals surface area contributed by atoms with E-state index < -0.39 is 17.5 Å². The zero-order valence-corrected chi connectivity index (χ0v) is 12.8. The van der Waals surface area contributed by atoms with Gasteiger partial charge in [0.1, 0.15) is 11.6 Å². The Morgan fingerprint density at radius 3 is 2.41 bits per heavy atom. The van der Waals surface area contributed by atoms with Crippen LogP contribution in [0.2, 0.25) is 0 Å². The predicted molar refractivity (Wildman–Crippen MR) is 81.9 cm³/mol. The van der Waals surface area contributed by atoms with Gasteiger partial charge < -0.3 is 16.4 Å². The van der Waals surface area contributed by atoms with Crippen molar-refractivity contribution < 1.29 is 18.4 Å². The molecule has 0 aromatic heterocycles. The van der Waals surface area contributed by atoms with Crippen molar-refractivity contribution in [3.8, 4) is 0 Å². The molecule has 0 spiro atoms. The van der Waals surface area contributed by atoms with Crippen molar-refractivity contribution in [2.75, 3.05) is 19.6 Å². The number of halogens is 3. The maximum Gasteiger partial charge on any atom is 0.254 e. The minimum Gasteiger partial charge on any atom is -0.356 e. The van der Waals surface area contributed by atoms with E-state index in [-0.39, 0.29) is 36.8 Å². The number of hydrogen-bond donors (Lipinski definition) is 3. The summed E-state index contributed by atoms with van der Waals surface area (Å²) in [7, 11) is 0. The molecule has 0 aliphatic carbocycles. The summed E-state index contributed by atoms with van der Waals surface area (Å²) in [5.41, 5.74) is 5.07. The highest BCUT2D eigenvalue weighted by Gasteiger charge is 2.11. The van der Waals surface area contributed by atoms with E-state index in [0.29, 0.717) is 32.0 Å². The van der Waals surface area contributed by atoms with Crippen LogP contribution in [0.5, 0.6) is 0 Å². The Bertz CT molecular complexity index is 501. The quantitative estimate of drug-likeness (QED) is 0.627. The van der Waals surface area contributed by atoms with Crippen molar-refractivity contribution in [3.63, 3.8) is 0 Å². The van der Waals surface area contributed by atoms with E-state index in [2.05, 4.69) is 10.6 Å². The van der Waals surface area contributed by atoms with Crippen LogP contribution in [0.4, 0.5) is 8.78 Å². The van der Waals surface area contributed by atoms with E-state index in [9.17, 15) is 18.4 Å². The van der Waals surface area contributed by atoms with Crippen LogP contribution < -0.4 is 16.4 Å². The van der Waals surface area contributed by atoms with Crippen LogP contribution in [0, 0.1) is 11.6 Å². The smallest absolute Gasteiger partial charge is 0.254 e. The molecule has 1 aromatic rings. The number of rotatable bonds is 8. The second-order valence-corrected chi connectivity index (χ2v) is 4.48. The summed E-state index contributed by atoms with van der Waals surface area (Å²) >= 11 is 0. The van der Waals surface area contributed by atoms with Crippen molar-refractivity contribution in [1.29, 1.82) is 0 Å². The van der Waals surface area contributed by atoms with Crippen molar-refractivity contribution in [2.24, 2.45) is 5.73 Å². The third-order valence-corrected chi connectivity index (χ3v) is 2.74. The summed E-state index contributed by atoms with van der Waals surface area (Å²) in [5.74, 6) is -2.40. The van der Waals surface area contributed by atoms with Crippen LogP contribution in [0.15, 0.2) is 18.2 Å². The highest BCUT2D eigenvalue weighted by molar-refractivity contribution is 5.94. The summed E-state index contributed by atoms with van der Waals surface area (Å²) < 4.78 is 26.0. The normalized spacial score (nSPS) is 9.77. The monoisotopic (exact) mass is 335 g/mol. The van der Waals surface area contributed by atoms with Crippen LogP contribution in [-0.4, -0.2) is 31.4 Å². The number of benzene rings is 1. The number of hydrogen-bond acceptors (Lipinski definition) is 3. The molecule has 1 aromatic carbocycles. The zero-order valence-electron chi connectivity index (χ0n) is 12.0. The Labute approximate surface area is 134 Å². The van der Waals surface area contributed by atoms with E-state index in [0.717, 1.165) is 12.1 Å². The summed E-state index contributed by atoms with van der Waals surface area (Å²) in [6, 6.07) is 2.75. The molecule has 4 N–H and O–H groups in total. The van der Waals surface area contributed by atoms with Crippen molar-refractivity contribution >= 4 is 24.2 Å². The highest BCUT2D eigenvalue weighted by Crippen LogP contribution is 2.09. The number of amides is 2. The summed E-state index contributed by atoms with van der Waals surface area (Å²) in [6.07, 6.45) is 1.41. The van der Waals surface area contributed by atoms with Gasteiger partial charge in [-0.15, -0.1) is 12.4 Å². The molecule has 22 heavy (non-hydrogen) atoms. The Morgan fingerprint density at radius 1 is 1.09 bits per heavy atom. The first-order valence-corrected chi connectivity index (χ1v) is 6.74. The summed E-state index contributed by atoms with van der Waals surface area (Å²) in [6.45, 7) is 1.28. The maximum atomic E-state index is 13.3. The summed E-state index contributed by atoms with van der Waals surface area (Å²) in [4.78, 5) is 23.0. The van der Waals surface area contributed by atoms with Crippen LogP contribution in [0.25, 0.3) is 0 Å². The van der Waals surface area contributed by atoms with E-state index in [1.54, 1.807) is 0 Å². The van der Waals surface area contributed by atoms with Gasteiger partial charge in [0.15, 0.2) is 0 Å². The maximum absolute atomic E-state index is 13.3. The fourth-order valence-corrected chi connectivity index (χ4v) is 1.64.